The summed E-state index contributed by atoms with van der Waals surface area (Å²) in [7, 11) is 1.92. The molecule has 0 saturated carbocycles. The van der Waals surface area contributed by atoms with Crippen LogP contribution in [0.1, 0.15) is 26.2 Å². The maximum absolute atomic E-state index is 11.7. The Bertz CT molecular complexity index is 292. The highest BCUT2D eigenvalue weighted by Crippen LogP contribution is 2.27. The van der Waals surface area contributed by atoms with Crippen LogP contribution in [0.2, 0.25) is 0 Å². The van der Waals surface area contributed by atoms with Gasteiger partial charge in [0.05, 0.1) is 38.3 Å². The maximum Gasteiger partial charge on any atom is 0.307 e. The summed E-state index contributed by atoms with van der Waals surface area (Å²) in [6.45, 7) is 4.19. The topological polar surface area (TPSA) is 38.8 Å². The van der Waals surface area contributed by atoms with Gasteiger partial charge in [-0.15, -0.1) is 6.42 Å². The zero-order chi connectivity index (χ0) is 12.7. The number of terminal acetylenes is 1. The van der Waals surface area contributed by atoms with E-state index in [9.17, 15) is 4.79 Å². The third-order valence-electron chi connectivity index (χ3n) is 3.11. The standard InChI is InChI=1S/C13H21NO3/c1-4-6-8-17-12(15)9-13(10-16-11-13)14(3)7-5-2/h2H,4,6-11H2,1,3H3. The van der Waals surface area contributed by atoms with Crippen LogP contribution >= 0.6 is 0 Å². The van der Waals surface area contributed by atoms with Gasteiger partial charge >= 0.3 is 5.97 Å². The molecule has 1 rings (SSSR count). The highest BCUT2D eigenvalue weighted by molar-refractivity contribution is 5.71. The molecule has 96 valence electrons. The molecule has 0 aromatic rings. The normalized spacial score (nSPS) is 17.3. The quantitative estimate of drug-likeness (QED) is 0.378. The highest BCUT2D eigenvalue weighted by Gasteiger charge is 2.44. The Labute approximate surface area is 103 Å². The van der Waals surface area contributed by atoms with Crippen LogP contribution in [0.3, 0.4) is 0 Å². The molecule has 1 fully saturated rings. The minimum Gasteiger partial charge on any atom is -0.466 e. The lowest BCUT2D eigenvalue weighted by Gasteiger charge is -2.46. The minimum atomic E-state index is -0.254. The number of esters is 1. The molecule has 0 atom stereocenters. The zero-order valence-electron chi connectivity index (χ0n) is 10.7. The van der Waals surface area contributed by atoms with Crippen LogP contribution in [-0.2, 0) is 14.3 Å². The molecule has 1 heterocycles. The Morgan fingerprint density at radius 2 is 2.29 bits per heavy atom. The monoisotopic (exact) mass is 239 g/mol. The van der Waals surface area contributed by atoms with Gasteiger partial charge in [-0.2, -0.15) is 0 Å². The van der Waals surface area contributed by atoms with Crippen LogP contribution in [0, 0.1) is 12.3 Å². The molecule has 0 aromatic carbocycles. The van der Waals surface area contributed by atoms with Crippen molar-refractivity contribution in [1.82, 2.24) is 4.90 Å². The fourth-order valence-electron chi connectivity index (χ4n) is 1.75. The molecule has 0 aromatic heterocycles. The van der Waals surface area contributed by atoms with Crippen LogP contribution in [0.15, 0.2) is 0 Å². The number of hydrogen-bond donors (Lipinski definition) is 0. The molecule has 0 radical (unpaired) electrons. The van der Waals surface area contributed by atoms with Gasteiger partial charge in [0, 0.05) is 0 Å². The molecule has 1 aliphatic rings. The summed E-state index contributed by atoms with van der Waals surface area (Å²) in [5, 5.41) is 0. The van der Waals surface area contributed by atoms with Gasteiger partial charge in [-0.25, -0.2) is 0 Å². The predicted molar refractivity (Wildman–Crippen MR) is 65.5 cm³/mol. The lowest BCUT2D eigenvalue weighted by Crippen LogP contribution is -2.62. The summed E-state index contributed by atoms with van der Waals surface area (Å²) in [5.74, 6) is 2.42. The highest BCUT2D eigenvalue weighted by atomic mass is 16.5. The first-order valence-electron chi connectivity index (χ1n) is 6.02. The number of hydrogen-bond acceptors (Lipinski definition) is 4. The zero-order valence-corrected chi connectivity index (χ0v) is 10.7. The average molecular weight is 239 g/mol. The van der Waals surface area contributed by atoms with E-state index in [0.29, 0.717) is 32.8 Å². The van der Waals surface area contributed by atoms with Crippen LogP contribution in [-0.4, -0.2) is 49.8 Å². The molecular weight excluding hydrogens is 218 g/mol. The van der Waals surface area contributed by atoms with E-state index in [1.165, 1.54) is 0 Å². The van der Waals surface area contributed by atoms with Crippen molar-refractivity contribution in [1.29, 1.82) is 0 Å². The van der Waals surface area contributed by atoms with Crippen LogP contribution < -0.4 is 0 Å². The summed E-state index contributed by atoms with van der Waals surface area (Å²) in [6.07, 6.45) is 7.58. The summed E-state index contributed by atoms with van der Waals surface area (Å²) in [4.78, 5) is 13.7. The molecule has 0 aliphatic carbocycles. The van der Waals surface area contributed by atoms with E-state index in [2.05, 4.69) is 12.8 Å². The summed E-state index contributed by atoms with van der Waals surface area (Å²) >= 11 is 0. The Hall–Kier alpha value is -1.05. The summed E-state index contributed by atoms with van der Waals surface area (Å²) < 4.78 is 10.4. The fraction of sp³-hybridized carbons (Fsp3) is 0.769. The van der Waals surface area contributed by atoms with Gasteiger partial charge in [-0.05, 0) is 13.5 Å². The lowest BCUT2D eigenvalue weighted by molar-refractivity contribution is -0.165. The fourth-order valence-corrected chi connectivity index (χ4v) is 1.75. The first kappa shape index (κ1) is 14.0. The van der Waals surface area contributed by atoms with Crippen LogP contribution in [0.5, 0.6) is 0 Å². The number of carbonyl (C=O) groups excluding carboxylic acids is 1. The molecule has 0 spiro atoms. The van der Waals surface area contributed by atoms with E-state index in [-0.39, 0.29) is 11.5 Å². The van der Waals surface area contributed by atoms with Crippen molar-refractivity contribution in [2.75, 3.05) is 33.4 Å². The number of carbonyl (C=O) groups is 1. The van der Waals surface area contributed by atoms with Gasteiger partial charge in [0.2, 0.25) is 0 Å². The van der Waals surface area contributed by atoms with Gasteiger partial charge in [0.25, 0.3) is 0 Å². The first-order valence-corrected chi connectivity index (χ1v) is 6.02. The molecule has 4 heteroatoms. The largest absolute Gasteiger partial charge is 0.466 e. The van der Waals surface area contributed by atoms with Crippen molar-refractivity contribution in [2.45, 2.75) is 31.7 Å². The molecule has 0 unspecified atom stereocenters. The first-order chi connectivity index (χ1) is 8.14. The van der Waals surface area contributed by atoms with E-state index < -0.39 is 0 Å². The number of nitrogens with zero attached hydrogens (tertiary/aromatic N) is 1. The minimum absolute atomic E-state index is 0.161. The number of unbranched alkanes of at least 4 members (excludes halogenated alkanes) is 1. The van der Waals surface area contributed by atoms with E-state index in [1.54, 1.807) is 0 Å². The van der Waals surface area contributed by atoms with Gasteiger partial charge in [-0.3, -0.25) is 9.69 Å². The summed E-state index contributed by atoms with van der Waals surface area (Å²) in [5.41, 5.74) is -0.254. The average Bonchev–Trinajstić information content (AvgIpc) is 2.24. The van der Waals surface area contributed by atoms with Gasteiger partial charge in [-0.1, -0.05) is 19.3 Å². The van der Waals surface area contributed by atoms with Crippen LogP contribution in [0.4, 0.5) is 0 Å². The molecular formula is C13H21NO3. The molecule has 0 N–H and O–H groups in total. The van der Waals surface area contributed by atoms with Crippen molar-refractivity contribution < 1.29 is 14.3 Å². The number of ether oxygens (including phenoxy) is 2. The summed E-state index contributed by atoms with van der Waals surface area (Å²) in [6, 6.07) is 0. The Morgan fingerprint density at radius 1 is 1.59 bits per heavy atom. The number of rotatable bonds is 7. The second kappa shape index (κ2) is 6.63. The predicted octanol–water partition coefficient (Wildman–Crippen LogP) is 1.05. The molecule has 0 amide bonds. The van der Waals surface area contributed by atoms with E-state index in [0.717, 1.165) is 12.8 Å². The third kappa shape index (κ3) is 3.72. The Balaban J connectivity index is 2.41. The van der Waals surface area contributed by atoms with E-state index >= 15 is 0 Å². The van der Waals surface area contributed by atoms with Crippen molar-refractivity contribution in [2.24, 2.45) is 0 Å². The molecule has 17 heavy (non-hydrogen) atoms. The van der Waals surface area contributed by atoms with Crippen molar-refractivity contribution >= 4 is 5.97 Å². The smallest absolute Gasteiger partial charge is 0.307 e. The lowest BCUT2D eigenvalue weighted by atomic mass is 9.91. The Morgan fingerprint density at radius 3 is 2.76 bits per heavy atom. The maximum atomic E-state index is 11.7. The van der Waals surface area contributed by atoms with Crippen molar-refractivity contribution in [3.05, 3.63) is 0 Å². The van der Waals surface area contributed by atoms with Gasteiger partial charge < -0.3 is 9.47 Å². The Kier molecular flexibility index (Phi) is 5.46. The van der Waals surface area contributed by atoms with Crippen molar-refractivity contribution in [3.8, 4) is 12.3 Å². The second-order valence-corrected chi connectivity index (χ2v) is 4.53. The molecule has 1 aliphatic heterocycles. The molecule has 4 nitrogen and oxygen atoms in total. The SMILES string of the molecule is C#CCN(C)C1(CC(=O)OCCCC)COC1. The van der Waals surface area contributed by atoms with Gasteiger partial charge in [0.1, 0.15) is 0 Å². The van der Waals surface area contributed by atoms with Crippen molar-refractivity contribution in [3.63, 3.8) is 0 Å². The number of likely N-dealkylation sites (N-methyl/N-ethyl adjacent to an activating group) is 1. The van der Waals surface area contributed by atoms with Gasteiger partial charge in [0.15, 0.2) is 0 Å². The molecule has 1 saturated heterocycles. The second-order valence-electron chi connectivity index (χ2n) is 4.53. The van der Waals surface area contributed by atoms with E-state index in [1.807, 2.05) is 11.9 Å². The van der Waals surface area contributed by atoms with Crippen LogP contribution in [0.25, 0.3) is 0 Å². The van der Waals surface area contributed by atoms with E-state index in [4.69, 9.17) is 15.9 Å². The third-order valence-corrected chi connectivity index (χ3v) is 3.11. The molecule has 0 bridgehead atoms.